The number of nitrogens with zero attached hydrogens (tertiary/aromatic N) is 3. The summed E-state index contributed by atoms with van der Waals surface area (Å²) in [7, 11) is 0. The molecular weight excluding hydrogens is 314 g/mol. The molecule has 25 heavy (non-hydrogen) atoms. The van der Waals surface area contributed by atoms with E-state index < -0.39 is 0 Å². The van der Waals surface area contributed by atoms with Crippen molar-refractivity contribution in [2.24, 2.45) is 5.92 Å². The molecule has 0 spiro atoms. The number of hydrogen-bond donors (Lipinski definition) is 0. The molecule has 4 rings (SSSR count). The van der Waals surface area contributed by atoms with Gasteiger partial charge in [0.25, 0.3) is 5.91 Å². The molecule has 136 valence electrons. The van der Waals surface area contributed by atoms with Crippen LogP contribution in [0.1, 0.15) is 44.0 Å². The highest BCUT2D eigenvalue weighted by molar-refractivity contribution is 5.95. The van der Waals surface area contributed by atoms with Crippen molar-refractivity contribution < 1.29 is 9.59 Å². The standard InChI is InChI=1S/C20H29N3O2/c1-4-21(5-2)18-10-7-17(8-11-18)20(25)23-13-16-6-9-19(23)14-22(12-16)15(3)24/h7-8,10-11,16,19H,4-6,9,12-14H2,1-3H3/t16-,19+/m1/s1. The van der Waals surface area contributed by atoms with Crippen molar-refractivity contribution in [3.05, 3.63) is 29.8 Å². The zero-order chi connectivity index (χ0) is 18.0. The van der Waals surface area contributed by atoms with E-state index in [1.54, 1.807) is 6.92 Å². The van der Waals surface area contributed by atoms with Gasteiger partial charge in [-0.05, 0) is 56.9 Å². The van der Waals surface area contributed by atoms with Crippen molar-refractivity contribution in [1.82, 2.24) is 9.80 Å². The molecule has 3 aliphatic rings. The summed E-state index contributed by atoms with van der Waals surface area (Å²) in [4.78, 5) is 31.0. The Balaban J connectivity index is 1.76. The number of carbonyl (C=O) groups is 2. The van der Waals surface area contributed by atoms with Gasteiger partial charge in [0.1, 0.15) is 0 Å². The zero-order valence-electron chi connectivity index (χ0n) is 15.6. The SMILES string of the molecule is CCN(CC)c1ccc(C(=O)N2C[C@@H]3CC[C@H]2CN(C(C)=O)C3)cc1. The minimum absolute atomic E-state index is 0.103. The molecule has 1 aromatic carbocycles. The van der Waals surface area contributed by atoms with Crippen LogP contribution >= 0.6 is 0 Å². The average molecular weight is 343 g/mol. The third-order valence-electron chi connectivity index (χ3n) is 5.66. The molecule has 3 fully saturated rings. The number of hydrogen-bond acceptors (Lipinski definition) is 3. The van der Waals surface area contributed by atoms with Gasteiger partial charge in [-0.15, -0.1) is 0 Å². The van der Waals surface area contributed by atoms with E-state index in [2.05, 4.69) is 18.7 Å². The van der Waals surface area contributed by atoms with Gasteiger partial charge in [-0.2, -0.15) is 0 Å². The fraction of sp³-hybridized carbons (Fsp3) is 0.600. The molecule has 1 aromatic rings. The Kier molecular flexibility index (Phi) is 5.30. The number of benzene rings is 1. The van der Waals surface area contributed by atoms with Crippen LogP contribution in [0.4, 0.5) is 5.69 Å². The van der Waals surface area contributed by atoms with Crippen LogP contribution < -0.4 is 4.90 Å². The Bertz CT molecular complexity index is 624. The topological polar surface area (TPSA) is 43.9 Å². The first-order valence-electron chi connectivity index (χ1n) is 9.45. The molecule has 0 saturated carbocycles. The van der Waals surface area contributed by atoms with E-state index in [4.69, 9.17) is 0 Å². The van der Waals surface area contributed by atoms with Gasteiger partial charge in [0.2, 0.25) is 5.91 Å². The summed E-state index contributed by atoms with van der Waals surface area (Å²) >= 11 is 0. The maximum absolute atomic E-state index is 13.0. The van der Waals surface area contributed by atoms with Crippen LogP contribution in [0.25, 0.3) is 0 Å². The minimum atomic E-state index is 0.103. The van der Waals surface area contributed by atoms with E-state index in [0.29, 0.717) is 12.5 Å². The molecule has 3 saturated heterocycles. The summed E-state index contributed by atoms with van der Waals surface area (Å²) in [6.45, 7) is 10.1. The number of anilines is 1. The lowest BCUT2D eigenvalue weighted by atomic mass is 9.94. The summed E-state index contributed by atoms with van der Waals surface area (Å²) in [6, 6.07) is 8.11. The number of fused-ring (bicyclic) bond motifs is 4. The molecule has 0 N–H and O–H groups in total. The lowest BCUT2D eigenvalue weighted by Crippen LogP contribution is -2.47. The molecule has 2 atom stereocenters. The summed E-state index contributed by atoms with van der Waals surface area (Å²) in [5, 5.41) is 0. The van der Waals surface area contributed by atoms with Crippen molar-refractivity contribution >= 4 is 17.5 Å². The number of amides is 2. The van der Waals surface area contributed by atoms with Crippen LogP contribution in [0.5, 0.6) is 0 Å². The maximum atomic E-state index is 13.0. The normalized spacial score (nSPS) is 22.7. The highest BCUT2D eigenvalue weighted by Gasteiger charge is 2.38. The third kappa shape index (κ3) is 3.65. The molecule has 0 radical (unpaired) electrons. The first-order chi connectivity index (χ1) is 12.0. The van der Waals surface area contributed by atoms with Gasteiger partial charge in [-0.25, -0.2) is 0 Å². The second-order valence-corrected chi connectivity index (χ2v) is 7.20. The Hall–Kier alpha value is -2.04. The van der Waals surface area contributed by atoms with Crippen molar-refractivity contribution in [3.8, 4) is 0 Å². The van der Waals surface area contributed by atoms with E-state index in [1.807, 2.05) is 34.1 Å². The van der Waals surface area contributed by atoms with Gasteiger partial charge in [0.15, 0.2) is 0 Å². The fourth-order valence-corrected chi connectivity index (χ4v) is 4.16. The van der Waals surface area contributed by atoms with E-state index in [1.165, 1.54) is 0 Å². The minimum Gasteiger partial charge on any atom is -0.372 e. The van der Waals surface area contributed by atoms with Crippen LogP contribution in [-0.2, 0) is 4.79 Å². The van der Waals surface area contributed by atoms with Gasteiger partial charge in [0.05, 0.1) is 0 Å². The third-order valence-corrected chi connectivity index (χ3v) is 5.66. The van der Waals surface area contributed by atoms with E-state index >= 15 is 0 Å². The monoisotopic (exact) mass is 343 g/mol. The van der Waals surface area contributed by atoms with Gasteiger partial charge in [-0.1, -0.05) is 0 Å². The van der Waals surface area contributed by atoms with Crippen LogP contribution in [0.15, 0.2) is 24.3 Å². The predicted molar refractivity (Wildman–Crippen MR) is 99.8 cm³/mol. The van der Waals surface area contributed by atoms with Crippen molar-refractivity contribution in [3.63, 3.8) is 0 Å². The van der Waals surface area contributed by atoms with E-state index in [0.717, 1.165) is 50.3 Å². The first-order valence-corrected chi connectivity index (χ1v) is 9.45. The molecule has 3 heterocycles. The van der Waals surface area contributed by atoms with Crippen molar-refractivity contribution in [2.75, 3.05) is 37.6 Å². The van der Waals surface area contributed by atoms with E-state index in [9.17, 15) is 9.59 Å². The van der Waals surface area contributed by atoms with Crippen molar-refractivity contribution in [1.29, 1.82) is 0 Å². The average Bonchev–Trinajstić information content (AvgIpc) is 2.95. The highest BCUT2D eigenvalue weighted by Crippen LogP contribution is 2.29. The number of piperidine rings is 1. The molecule has 0 aliphatic carbocycles. The molecule has 5 heteroatoms. The molecular formula is C20H29N3O2. The number of carbonyl (C=O) groups excluding carboxylic acids is 2. The molecule has 3 aliphatic heterocycles. The second kappa shape index (κ2) is 7.46. The van der Waals surface area contributed by atoms with E-state index in [-0.39, 0.29) is 17.9 Å². The van der Waals surface area contributed by atoms with Gasteiger partial charge in [-0.3, -0.25) is 9.59 Å². The lowest BCUT2D eigenvalue weighted by molar-refractivity contribution is -0.129. The van der Waals surface area contributed by atoms with Gasteiger partial charge in [0, 0.05) is 56.9 Å². The quantitative estimate of drug-likeness (QED) is 0.844. The number of rotatable bonds is 4. The van der Waals surface area contributed by atoms with Crippen LogP contribution in [-0.4, -0.2) is 60.4 Å². The summed E-state index contributed by atoms with van der Waals surface area (Å²) in [6.07, 6.45) is 2.11. The molecule has 0 unspecified atom stereocenters. The zero-order valence-corrected chi connectivity index (χ0v) is 15.6. The Morgan fingerprint density at radius 3 is 2.32 bits per heavy atom. The van der Waals surface area contributed by atoms with Crippen LogP contribution in [0.2, 0.25) is 0 Å². The van der Waals surface area contributed by atoms with Crippen LogP contribution in [0, 0.1) is 5.92 Å². The first kappa shape index (κ1) is 17.8. The smallest absolute Gasteiger partial charge is 0.254 e. The lowest BCUT2D eigenvalue weighted by Gasteiger charge is -2.36. The molecule has 2 bridgehead atoms. The Morgan fingerprint density at radius 2 is 1.72 bits per heavy atom. The molecule has 2 amide bonds. The molecule has 5 nitrogen and oxygen atoms in total. The predicted octanol–water partition coefficient (Wildman–Crippen LogP) is 2.62. The Morgan fingerprint density at radius 1 is 1.04 bits per heavy atom. The van der Waals surface area contributed by atoms with Crippen molar-refractivity contribution in [2.45, 2.75) is 39.7 Å². The van der Waals surface area contributed by atoms with Gasteiger partial charge >= 0.3 is 0 Å². The summed E-state index contributed by atoms with van der Waals surface area (Å²) in [5.74, 6) is 0.627. The fourth-order valence-electron chi connectivity index (χ4n) is 4.16. The highest BCUT2D eigenvalue weighted by atomic mass is 16.2. The second-order valence-electron chi connectivity index (χ2n) is 7.20. The summed E-state index contributed by atoms with van der Waals surface area (Å²) < 4.78 is 0. The summed E-state index contributed by atoms with van der Waals surface area (Å²) in [5.41, 5.74) is 1.90. The largest absolute Gasteiger partial charge is 0.372 e. The van der Waals surface area contributed by atoms with Gasteiger partial charge < -0.3 is 14.7 Å². The maximum Gasteiger partial charge on any atom is 0.254 e. The Labute approximate surface area is 150 Å². The molecule has 0 aromatic heterocycles. The van der Waals surface area contributed by atoms with Crippen LogP contribution in [0.3, 0.4) is 0 Å².